The van der Waals surface area contributed by atoms with Gasteiger partial charge in [0.25, 0.3) is 0 Å². The lowest BCUT2D eigenvalue weighted by Gasteiger charge is -2.15. The Morgan fingerprint density at radius 1 is 1.31 bits per heavy atom. The smallest absolute Gasteiger partial charge is 0.156 e. The molecule has 6 nitrogen and oxygen atoms in total. The lowest BCUT2D eigenvalue weighted by atomic mass is 9.95. The molecule has 4 rings (SSSR count). The van der Waals surface area contributed by atoms with Crippen LogP contribution in [0.25, 0.3) is 16.8 Å². The summed E-state index contributed by atoms with van der Waals surface area (Å²) in [5.41, 5.74) is 3.72. The summed E-state index contributed by atoms with van der Waals surface area (Å²) in [5, 5.41) is 0. The van der Waals surface area contributed by atoms with Crippen molar-refractivity contribution in [1.82, 2.24) is 19.4 Å². The fourth-order valence-electron chi connectivity index (χ4n) is 4.40. The molecule has 0 aromatic carbocycles. The van der Waals surface area contributed by atoms with Gasteiger partial charge >= 0.3 is 0 Å². The van der Waals surface area contributed by atoms with Crippen LogP contribution in [-0.4, -0.2) is 46.0 Å². The maximum absolute atomic E-state index is 12.3. The van der Waals surface area contributed by atoms with Crippen LogP contribution >= 0.6 is 0 Å². The number of rotatable bonds is 6. The molecule has 3 atom stereocenters. The van der Waals surface area contributed by atoms with Gasteiger partial charge in [0.15, 0.2) is 21.1 Å². The molecule has 1 aliphatic rings. The first-order valence-electron chi connectivity index (χ1n) is 9.04. The van der Waals surface area contributed by atoms with E-state index in [-0.39, 0.29) is 29.8 Å². The van der Waals surface area contributed by atoms with Crippen LogP contribution in [0, 0.1) is 11.8 Å². The minimum absolute atomic E-state index is 0.0513. The quantitative estimate of drug-likeness (QED) is 0.715. The predicted octanol–water partition coefficient (Wildman–Crippen LogP) is 3.11. The molecule has 1 fully saturated rings. The molecule has 26 heavy (non-hydrogen) atoms. The maximum Gasteiger partial charge on any atom is 0.156 e. The molecule has 0 radical (unpaired) electrons. The van der Waals surface area contributed by atoms with Gasteiger partial charge in [-0.1, -0.05) is 6.92 Å². The first-order valence-corrected chi connectivity index (χ1v) is 10.9. The van der Waals surface area contributed by atoms with Crippen LogP contribution in [0.4, 0.5) is 4.39 Å². The van der Waals surface area contributed by atoms with Gasteiger partial charge in [-0.05, 0) is 37.2 Å². The number of alkyl halides is 1. The summed E-state index contributed by atoms with van der Waals surface area (Å²) in [6, 6.07) is 1.99. The van der Waals surface area contributed by atoms with E-state index in [1.54, 1.807) is 6.20 Å². The van der Waals surface area contributed by atoms with Gasteiger partial charge in [-0.25, -0.2) is 18.4 Å². The van der Waals surface area contributed by atoms with Crippen LogP contribution in [0.1, 0.15) is 37.8 Å². The van der Waals surface area contributed by atoms with Crippen LogP contribution in [0.15, 0.2) is 24.7 Å². The predicted molar refractivity (Wildman–Crippen MR) is 98.7 cm³/mol. The minimum atomic E-state index is -3.19. The van der Waals surface area contributed by atoms with Crippen molar-refractivity contribution in [3.63, 3.8) is 0 Å². The van der Waals surface area contributed by atoms with Crippen LogP contribution in [-0.2, 0) is 9.84 Å². The van der Waals surface area contributed by atoms with Gasteiger partial charge < -0.3 is 4.98 Å². The zero-order chi connectivity index (χ0) is 18.3. The largest absolute Gasteiger partial charge is 0.345 e. The first kappa shape index (κ1) is 17.5. The van der Waals surface area contributed by atoms with E-state index in [4.69, 9.17) is 0 Å². The molecule has 1 aliphatic carbocycles. The molecule has 1 N–H and O–H groups in total. The van der Waals surface area contributed by atoms with Crippen molar-refractivity contribution in [2.75, 3.05) is 18.2 Å². The SMILES string of the molecule is C[C@@H]1C[C@H](CS(=O)(=O)CCCF)C[C@@H]1c1cnc2cnc3[nH]ccc3n12. The highest BCUT2D eigenvalue weighted by Gasteiger charge is 2.36. The lowest BCUT2D eigenvalue weighted by molar-refractivity contribution is 0.482. The van der Waals surface area contributed by atoms with E-state index in [0.29, 0.717) is 5.92 Å². The number of imidazole rings is 1. The van der Waals surface area contributed by atoms with Gasteiger partial charge in [-0.2, -0.15) is 0 Å². The normalized spacial score (nSPS) is 24.0. The average Bonchev–Trinajstić information content (AvgIpc) is 3.29. The van der Waals surface area contributed by atoms with Gasteiger partial charge in [-0.3, -0.25) is 8.79 Å². The summed E-state index contributed by atoms with van der Waals surface area (Å²) in [6.45, 7) is 1.60. The van der Waals surface area contributed by atoms with E-state index in [1.807, 2.05) is 18.5 Å². The third-order valence-corrected chi connectivity index (χ3v) is 7.40. The molecular formula is C18H23FN4O2S. The highest BCUT2D eigenvalue weighted by Crippen LogP contribution is 2.43. The van der Waals surface area contributed by atoms with Crippen molar-refractivity contribution in [2.45, 2.75) is 32.1 Å². The number of hydrogen-bond acceptors (Lipinski definition) is 4. The summed E-state index contributed by atoms with van der Waals surface area (Å²) in [4.78, 5) is 12.0. The second kappa shape index (κ2) is 6.64. The number of aromatic nitrogens is 4. The molecule has 0 amide bonds. The van der Waals surface area contributed by atoms with Crippen LogP contribution in [0.2, 0.25) is 0 Å². The number of H-pyrrole nitrogens is 1. The van der Waals surface area contributed by atoms with Gasteiger partial charge in [0.05, 0.1) is 29.9 Å². The number of nitrogens with zero attached hydrogens (tertiary/aromatic N) is 3. The molecule has 0 spiro atoms. The lowest BCUT2D eigenvalue weighted by Crippen LogP contribution is -2.18. The Kier molecular flexibility index (Phi) is 4.46. The molecular weight excluding hydrogens is 355 g/mol. The Morgan fingerprint density at radius 2 is 2.15 bits per heavy atom. The van der Waals surface area contributed by atoms with Crippen molar-refractivity contribution in [3.05, 3.63) is 30.4 Å². The summed E-state index contributed by atoms with van der Waals surface area (Å²) < 4.78 is 38.8. The van der Waals surface area contributed by atoms with Gasteiger partial charge in [0.1, 0.15) is 0 Å². The number of sulfone groups is 1. The van der Waals surface area contributed by atoms with Crippen molar-refractivity contribution < 1.29 is 12.8 Å². The van der Waals surface area contributed by atoms with E-state index in [0.717, 1.165) is 35.3 Å². The standard InChI is InChI=1S/C18H23FN4O2S/c1-12-7-13(11-26(24,25)6-2-4-19)8-14(12)16-9-21-17-10-22-18-15(23(16)17)3-5-20-18/h3,5,9-10,12-14,20H,2,4,6-8,11H2,1H3/t12-,13+,14+/m1/s1. The Labute approximate surface area is 151 Å². The number of nitrogens with one attached hydrogen (secondary N) is 1. The third kappa shape index (κ3) is 3.11. The second-order valence-electron chi connectivity index (χ2n) is 7.42. The molecule has 1 saturated carbocycles. The Balaban J connectivity index is 1.61. The Hall–Kier alpha value is -1.96. The van der Waals surface area contributed by atoms with Crippen molar-refractivity contribution >= 4 is 26.6 Å². The van der Waals surface area contributed by atoms with E-state index in [1.165, 1.54) is 0 Å². The Bertz CT molecular complexity index is 1030. The maximum atomic E-state index is 12.3. The van der Waals surface area contributed by atoms with Crippen LogP contribution in [0.5, 0.6) is 0 Å². The van der Waals surface area contributed by atoms with E-state index in [9.17, 15) is 12.8 Å². The molecule has 3 aromatic heterocycles. The first-order chi connectivity index (χ1) is 12.5. The molecule has 3 heterocycles. The van der Waals surface area contributed by atoms with Crippen molar-refractivity contribution in [1.29, 1.82) is 0 Å². The molecule has 8 heteroatoms. The fourth-order valence-corrected chi connectivity index (χ4v) is 6.10. The summed E-state index contributed by atoms with van der Waals surface area (Å²) in [7, 11) is -3.19. The average molecular weight is 378 g/mol. The zero-order valence-corrected chi connectivity index (χ0v) is 15.5. The molecule has 0 unspecified atom stereocenters. The second-order valence-corrected chi connectivity index (χ2v) is 9.65. The highest BCUT2D eigenvalue weighted by molar-refractivity contribution is 7.91. The van der Waals surface area contributed by atoms with Crippen molar-refractivity contribution in [2.24, 2.45) is 11.8 Å². The number of aromatic amines is 1. The molecule has 0 aliphatic heterocycles. The van der Waals surface area contributed by atoms with Crippen molar-refractivity contribution in [3.8, 4) is 0 Å². The number of hydrogen-bond donors (Lipinski definition) is 1. The molecule has 140 valence electrons. The fraction of sp³-hybridized carbons (Fsp3) is 0.556. The topological polar surface area (TPSA) is 80.1 Å². The molecule has 3 aromatic rings. The Morgan fingerprint density at radius 3 is 2.96 bits per heavy atom. The van der Waals surface area contributed by atoms with E-state index in [2.05, 4.69) is 26.3 Å². The van der Waals surface area contributed by atoms with E-state index < -0.39 is 16.5 Å². The highest BCUT2D eigenvalue weighted by atomic mass is 32.2. The third-order valence-electron chi connectivity index (χ3n) is 5.51. The van der Waals surface area contributed by atoms with Gasteiger partial charge in [-0.15, -0.1) is 0 Å². The zero-order valence-electron chi connectivity index (χ0n) is 14.7. The monoisotopic (exact) mass is 378 g/mol. The molecule has 0 bridgehead atoms. The van der Waals surface area contributed by atoms with Gasteiger partial charge in [0, 0.05) is 24.0 Å². The van der Waals surface area contributed by atoms with E-state index >= 15 is 0 Å². The molecule has 0 saturated heterocycles. The van der Waals surface area contributed by atoms with Crippen LogP contribution < -0.4 is 0 Å². The minimum Gasteiger partial charge on any atom is -0.345 e. The summed E-state index contributed by atoms with van der Waals surface area (Å²) in [5.74, 6) is 0.856. The summed E-state index contributed by atoms with van der Waals surface area (Å²) >= 11 is 0. The number of halogens is 1. The van der Waals surface area contributed by atoms with Crippen LogP contribution in [0.3, 0.4) is 0 Å². The summed E-state index contributed by atoms with van der Waals surface area (Å²) in [6.07, 6.45) is 7.29. The number of fused-ring (bicyclic) bond motifs is 3. The van der Waals surface area contributed by atoms with Gasteiger partial charge in [0.2, 0.25) is 0 Å².